The zero-order chi connectivity index (χ0) is 14.5. The van der Waals surface area contributed by atoms with E-state index in [1.54, 1.807) is 13.0 Å². The van der Waals surface area contributed by atoms with Crippen LogP contribution >= 0.6 is 0 Å². The molecule has 0 aliphatic carbocycles. The molecule has 1 aliphatic heterocycles. The summed E-state index contributed by atoms with van der Waals surface area (Å²) < 4.78 is 14.2. The summed E-state index contributed by atoms with van der Waals surface area (Å²) in [5.41, 5.74) is 1.32. The normalized spacial score (nSPS) is 21.6. The minimum Gasteiger partial charge on any atom is -0.389 e. The van der Waals surface area contributed by atoms with Crippen molar-refractivity contribution in [3.63, 3.8) is 0 Å². The molecule has 1 aliphatic rings. The van der Waals surface area contributed by atoms with E-state index in [-0.39, 0.29) is 5.82 Å². The molecule has 1 N–H and O–H groups in total. The molecule has 1 saturated heterocycles. The van der Waals surface area contributed by atoms with Crippen LogP contribution in [-0.4, -0.2) is 18.2 Å². The van der Waals surface area contributed by atoms with Gasteiger partial charge in [0, 0.05) is 18.7 Å². The predicted molar refractivity (Wildman–Crippen MR) is 81.5 cm³/mol. The van der Waals surface area contributed by atoms with Crippen LogP contribution in [0.4, 0.5) is 10.1 Å². The Hall–Kier alpha value is -1.09. The van der Waals surface area contributed by atoms with Crippen LogP contribution in [0.3, 0.4) is 0 Å². The van der Waals surface area contributed by atoms with Crippen molar-refractivity contribution in [2.45, 2.75) is 52.1 Å². The molecule has 2 rings (SSSR count). The Balaban J connectivity index is 2.19. The molecule has 0 aromatic heterocycles. The Morgan fingerprint density at radius 2 is 2.15 bits per heavy atom. The van der Waals surface area contributed by atoms with Crippen LogP contribution in [0.15, 0.2) is 18.2 Å². The lowest BCUT2D eigenvalue weighted by Gasteiger charge is -2.27. The number of para-hydroxylation sites is 1. The Kier molecular flexibility index (Phi) is 5.41. The van der Waals surface area contributed by atoms with E-state index < -0.39 is 6.10 Å². The molecule has 2 atom stereocenters. The minimum atomic E-state index is -0.629. The highest BCUT2D eigenvalue weighted by molar-refractivity contribution is 5.56. The van der Waals surface area contributed by atoms with Crippen molar-refractivity contribution in [3.8, 4) is 0 Å². The topological polar surface area (TPSA) is 23.5 Å². The summed E-state index contributed by atoms with van der Waals surface area (Å²) >= 11 is 0. The van der Waals surface area contributed by atoms with Crippen LogP contribution in [0.2, 0.25) is 0 Å². The smallest absolute Gasteiger partial charge is 0.146 e. The number of anilines is 1. The van der Waals surface area contributed by atoms with Crippen LogP contribution in [0.5, 0.6) is 0 Å². The van der Waals surface area contributed by atoms with Gasteiger partial charge < -0.3 is 10.0 Å². The molecule has 3 heteroatoms. The van der Waals surface area contributed by atoms with Crippen molar-refractivity contribution in [2.24, 2.45) is 5.92 Å². The summed E-state index contributed by atoms with van der Waals surface area (Å²) in [5, 5.41) is 9.87. The van der Waals surface area contributed by atoms with E-state index in [1.807, 2.05) is 6.07 Å². The van der Waals surface area contributed by atoms with E-state index in [9.17, 15) is 9.50 Å². The standard InChI is InChI=1S/C17H26FNO/c1-3-6-14-7-5-11-19(12-10-14)17-15(13(2)20)8-4-9-16(17)18/h4,8-9,13-14,20H,3,5-7,10-12H2,1-2H3/t13-,14?/m1/s1. The van der Waals surface area contributed by atoms with Crippen molar-refractivity contribution in [2.75, 3.05) is 18.0 Å². The van der Waals surface area contributed by atoms with Crippen molar-refractivity contribution in [1.82, 2.24) is 0 Å². The van der Waals surface area contributed by atoms with Crippen molar-refractivity contribution in [1.29, 1.82) is 0 Å². The summed E-state index contributed by atoms with van der Waals surface area (Å²) in [4.78, 5) is 2.13. The van der Waals surface area contributed by atoms with Gasteiger partial charge in [-0.1, -0.05) is 31.9 Å². The molecule has 0 bridgehead atoms. The molecular formula is C17H26FNO. The Labute approximate surface area is 121 Å². The fourth-order valence-electron chi connectivity index (χ4n) is 3.29. The molecule has 0 saturated carbocycles. The van der Waals surface area contributed by atoms with E-state index in [2.05, 4.69) is 11.8 Å². The first-order valence-electron chi connectivity index (χ1n) is 7.85. The molecule has 1 heterocycles. The van der Waals surface area contributed by atoms with Gasteiger partial charge in [-0.05, 0) is 38.2 Å². The Morgan fingerprint density at radius 3 is 2.85 bits per heavy atom. The minimum absolute atomic E-state index is 0.211. The Bertz CT molecular complexity index is 433. The molecule has 20 heavy (non-hydrogen) atoms. The predicted octanol–water partition coefficient (Wildman–Crippen LogP) is 4.29. The largest absolute Gasteiger partial charge is 0.389 e. The third-order valence-electron chi connectivity index (χ3n) is 4.33. The van der Waals surface area contributed by atoms with Crippen LogP contribution in [0, 0.1) is 11.7 Å². The number of hydrogen-bond acceptors (Lipinski definition) is 2. The monoisotopic (exact) mass is 279 g/mol. The number of hydrogen-bond donors (Lipinski definition) is 1. The van der Waals surface area contributed by atoms with E-state index in [0.717, 1.165) is 31.8 Å². The van der Waals surface area contributed by atoms with Crippen LogP contribution in [-0.2, 0) is 0 Å². The first-order chi connectivity index (χ1) is 9.63. The molecule has 0 spiro atoms. The molecule has 1 fully saturated rings. The summed E-state index contributed by atoms with van der Waals surface area (Å²) in [6.07, 6.45) is 5.34. The van der Waals surface area contributed by atoms with Gasteiger partial charge in [-0.3, -0.25) is 0 Å². The van der Waals surface area contributed by atoms with Crippen molar-refractivity contribution in [3.05, 3.63) is 29.6 Å². The fourth-order valence-corrected chi connectivity index (χ4v) is 3.29. The SMILES string of the molecule is CCCC1CCCN(c2c(F)cccc2[C@@H](C)O)CC1. The lowest BCUT2D eigenvalue weighted by Crippen LogP contribution is -2.27. The number of nitrogens with zero attached hydrogens (tertiary/aromatic N) is 1. The Morgan fingerprint density at radius 1 is 1.35 bits per heavy atom. The van der Waals surface area contributed by atoms with Crippen molar-refractivity contribution >= 4 is 5.69 Å². The zero-order valence-electron chi connectivity index (χ0n) is 12.6. The zero-order valence-corrected chi connectivity index (χ0v) is 12.6. The van der Waals surface area contributed by atoms with E-state index >= 15 is 0 Å². The number of aliphatic hydroxyl groups is 1. The lowest BCUT2D eigenvalue weighted by atomic mass is 9.96. The highest BCUT2D eigenvalue weighted by atomic mass is 19.1. The second-order valence-corrected chi connectivity index (χ2v) is 5.93. The first-order valence-corrected chi connectivity index (χ1v) is 7.85. The van der Waals surface area contributed by atoms with E-state index in [4.69, 9.17) is 0 Å². The first kappa shape index (κ1) is 15.3. The van der Waals surface area contributed by atoms with Gasteiger partial charge in [0.25, 0.3) is 0 Å². The third kappa shape index (κ3) is 3.51. The summed E-state index contributed by atoms with van der Waals surface area (Å²) in [5.74, 6) is 0.559. The van der Waals surface area contributed by atoms with Gasteiger partial charge in [0.15, 0.2) is 0 Å². The van der Waals surface area contributed by atoms with E-state index in [1.165, 1.54) is 25.3 Å². The van der Waals surface area contributed by atoms with Gasteiger partial charge in [0.2, 0.25) is 0 Å². The fraction of sp³-hybridized carbons (Fsp3) is 0.647. The van der Waals surface area contributed by atoms with Crippen molar-refractivity contribution < 1.29 is 9.50 Å². The van der Waals surface area contributed by atoms with Crippen LogP contribution < -0.4 is 4.90 Å². The second kappa shape index (κ2) is 7.07. The van der Waals surface area contributed by atoms with E-state index in [0.29, 0.717) is 11.3 Å². The number of aliphatic hydroxyl groups excluding tert-OH is 1. The van der Waals surface area contributed by atoms with Crippen LogP contribution in [0.1, 0.15) is 57.6 Å². The number of rotatable bonds is 4. The quantitative estimate of drug-likeness (QED) is 0.889. The molecule has 112 valence electrons. The molecular weight excluding hydrogens is 253 g/mol. The van der Waals surface area contributed by atoms with Gasteiger partial charge in [-0.2, -0.15) is 0 Å². The van der Waals surface area contributed by atoms with Gasteiger partial charge >= 0.3 is 0 Å². The summed E-state index contributed by atoms with van der Waals surface area (Å²) in [6.45, 7) is 5.72. The highest BCUT2D eigenvalue weighted by Crippen LogP contribution is 2.32. The summed E-state index contributed by atoms with van der Waals surface area (Å²) in [6, 6.07) is 5.01. The molecule has 1 aromatic rings. The lowest BCUT2D eigenvalue weighted by molar-refractivity contribution is 0.199. The van der Waals surface area contributed by atoms with Crippen LogP contribution in [0.25, 0.3) is 0 Å². The van der Waals surface area contributed by atoms with Gasteiger partial charge in [-0.15, -0.1) is 0 Å². The maximum absolute atomic E-state index is 14.2. The third-order valence-corrected chi connectivity index (χ3v) is 4.33. The molecule has 1 unspecified atom stereocenters. The highest BCUT2D eigenvalue weighted by Gasteiger charge is 2.22. The molecule has 0 amide bonds. The number of benzene rings is 1. The molecule has 0 radical (unpaired) electrons. The van der Waals surface area contributed by atoms with Gasteiger partial charge in [-0.25, -0.2) is 4.39 Å². The molecule has 2 nitrogen and oxygen atoms in total. The molecule has 1 aromatic carbocycles. The maximum atomic E-state index is 14.2. The average Bonchev–Trinajstić information content (AvgIpc) is 2.64. The van der Waals surface area contributed by atoms with Gasteiger partial charge in [0.1, 0.15) is 5.82 Å². The summed E-state index contributed by atoms with van der Waals surface area (Å²) in [7, 11) is 0. The maximum Gasteiger partial charge on any atom is 0.146 e. The van der Waals surface area contributed by atoms with Gasteiger partial charge in [0.05, 0.1) is 11.8 Å². The number of halogens is 1. The second-order valence-electron chi connectivity index (χ2n) is 5.93. The average molecular weight is 279 g/mol.